The zero-order valence-electron chi connectivity index (χ0n) is 15.8. The van der Waals surface area contributed by atoms with Crippen LogP contribution in [0.4, 0.5) is 0 Å². The van der Waals surface area contributed by atoms with E-state index in [1.165, 1.54) is 5.56 Å². The number of aliphatic hydroxyl groups is 1. The third kappa shape index (κ3) is 6.22. The van der Waals surface area contributed by atoms with Crippen molar-refractivity contribution in [3.63, 3.8) is 0 Å². The van der Waals surface area contributed by atoms with Gasteiger partial charge >= 0.3 is 11.9 Å². The predicted octanol–water partition coefficient (Wildman–Crippen LogP) is 4.35. The Labute approximate surface area is 159 Å². The van der Waals surface area contributed by atoms with Gasteiger partial charge in [-0.3, -0.25) is 0 Å². The van der Waals surface area contributed by atoms with Gasteiger partial charge in [-0.05, 0) is 67.1 Å². The Morgan fingerprint density at radius 1 is 0.926 bits per heavy atom. The molecule has 0 aliphatic carbocycles. The van der Waals surface area contributed by atoms with E-state index >= 15 is 0 Å². The molecule has 144 valence electrons. The summed E-state index contributed by atoms with van der Waals surface area (Å²) in [6.45, 7) is 4.62. The maximum absolute atomic E-state index is 12.3. The van der Waals surface area contributed by atoms with E-state index in [2.05, 4.69) is 13.8 Å². The Kier molecular flexibility index (Phi) is 8.01. The van der Waals surface area contributed by atoms with E-state index in [1.54, 1.807) is 36.4 Å². The monoisotopic (exact) mass is 370 g/mol. The van der Waals surface area contributed by atoms with E-state index in [1.807, 2.05) is 12.1 Å². The average Bonchev–Trinajstić information content (AvgIpc) is 2.71. The van der Waals surface area contributed by atoms with Crippen LogP contribution < -0.4 is 4.74 Å². The van der Waals surface area contributed by atoms with Crippen LogP contribution >= 0.6 is 0 Å². The molecule has 5 heteroatoms. The van der Waals surface area contributed by atoms with Gasteiger partial charge < -0.3 is 14.6 Å². The third-order valence-electron chi connectivity index (χ3n) is 4.41. The van der Waals surface area contributed by atoms with Gasteiger partial charge in [0.2, 0.25) is 0 Å². The molecule has 1 N–H and O–H groups in total. The lowest BCUT2D eigenvalue weighted by molar-refractivity contribution is 0.0492. The smallest absolute Gasteiger partial charge is 0.343 e. The van der Waals surface area contributed by atoms with Gasteiger partial charge in [-0.2, -0.15) is 0 Å². The molecule has 1 unspecified atom stereocenters. The fourth-order valence-electron chi connectivity index (χ4n) is 2.47. The summed E-state index contributed by atoms with van der Waals surface area (Å²) in [6, 6.07) is 13.7. The first kappa shape index (κ1) is 20.6. The number of carbonyl (C=O) groups is 2. The van der Waals surface area contributed by atoms with Gasteiger partial charge in [-0.1, -0.05) is 26.0 Å². The van der Waals surface area contributed by atoms with Crippen molar-refractivity contribution in [2.75, 3.05) is 13.2 Å². The number of esters is 2. The summed E-state index contributed by atoms with van der Waals surface area (Å²) in [6.07, 6.45) is 2.26. The number of hydrogen-bond donors (Lipinski definition) is 1. The molecule has 0 amide bonds. The summed E-state index contributed by atoms with van der Waals surface area (Å²) in [4.78, 5) is 24.1. The Balaban J connectivity index is 1.91. The van der Waals surface area contributed by atoms with Crippen molar-refractivity contribution in [1.29, 1.82) is 0 Å². The largest absolute Gasteiger partial charge is 0.462 e. The molecule has 2 rings (SSSR count). The van der Waals surface area contributed by atoms with Crippen LogP contribution in [-0.2, 0) is 4.74 Å². The van der Waals surface area contributed by atoms with Gasteiger partial charge in [0.05, 0.1) is 17.7 Å². The molecule has 5 nitrogen and oxygen atoms in total. The van der Waals surface area contributed by atoms with Gasteiger partial charge in [-0.25, -0.2) is 9.59 Å². The van der Waals surface area contributed by atoms with E-state index in [4.69, 9.17) is 14.6 Å². The van der Waals surface area contributed by atoms with Crippen molar-refractivity contribution >= 4 is 11.9 Å². The topological polar surface area (TPSA) is 72.8 Å². The van der Waals surface area contributed by atoms with Crippen LogP contribution in [0.25, 0.3) is 0 Å². The van der Waals surface area contributed by atoms with Gasteiger partial charge in [0.25, 0.3) is 0 Å². The lowest BCUT2D eigenvalue weighted by atomic mass is 9.98. The fourth-order valence-corrected chi connectivity index (χ4v) is 2.47. The van der Waals surface area contributed by atoms with Crippen LogP contribution in [0.5, 0.6) is 5.75 Å². The number of benzene rings is 2. The lowest BCUT2D eigenvalue weighted by Crippen LogP contribution is -2.09. The Bertz CT molecular complexity index is 734. The molecule has 1 atom stereocenters. The van der Waals surface area contributed by atoms with Crippen LogP contribution in [0.2, 0.25) is 0 Å². The zero-order valence-corrected chi connectivity index (χ0v) is 15.8. The van der Waals surface area contributed by atoms with Crippen LogP contribution in [0.3, 0.4) is 0 Å². The highest BCUT2D eigenvalue weighted by molar-refractivity contribution is 5.92. The standard InChI is InChI=1S/C22H26O5/c1-3-16(2)17-6-8-19(9-7-17)22(25)27-20-12-10-18(11-13-20)21(24)26-15-5-4-14-23/h6-13,16,23H,3-5,14-15H2,1-2H3. The normalized spacial score (nSPS) is 11.7. The molecular weight excluding hydrogens is 344 g/mol. The second-order valence-electron chi connectivity index (χ2n) is 6.41. The highest BCUT2D eigenvalue weighted by Crippen LogP contribution is 2.20. The second-order valence-corrected chi connectivity index (χ2v) is 6.41. The molecule has 0 spiro atoms. The molecule has 0 aromatic heterocycles. The summed E-state index contributed by atoms with van der Waals surface area (Å²) in [7, 11) is 0. The Hall–Kier alpha value is -2.66. The minimum absolute atomic E-state index is 0.0813. The summed E-state index contributed by atoms with van der Waals surface area (Å²) in [5.41, 5.74) is 2.06. The number of carbonyl (C=O) groups excluding carboxylic acids is 2. The van der Waals surface area contributed by atoms with E-state index < -0.39 is 11.9 Å². The van der Waals surface area contributed by atoms with Gasteiger partial charge in [0, 0.05) is 6.61 Å². The van der Waals surface area contributed by atoms with Crippen LogP contribution in [-0.4, -0.2) is 30.3 Å². The van der Waals surface area contributed by atoms with Crippen molar-refractivity contribution in [2.45, 2.75) is 39.0 Å². The van der Waals surface area contributed by atoms with E-state index in [-0.39, 0.29) is 13.2 Å². The van der Waals surface area contributed by atoms with Gasteiger partial charge in [-0.15, -0.1) is 0 Å². The molecule has 0 aliphatic rings. The average molecular weight is 370 g/mol. The first-order chi connectivity index (χ1) is 13.0. The number of rotatable bonds is 9. The minimum atomic E-state index is -0.440. The maximum Gasteiger partial charge on any atom is 0.343 e. The summed E-state index contributed by atoms with van der Waals surface area (Å²) in [5, 5.41) is 8.70. The highest BCUT2D eigenvalue weighted by Gasteiger charge is 2.12. The third-order valence-corrected chi connectivity index (χ3v) is 4.41. The molecular formula is C22H26O5. The van der Waals surface area contributed by atoms with E-state index in [9.17, 15) is 9.59 Å². The zero-order chi connectivity index (χ0) is 19.6. The predicted molar refractivity (Wildman–Crippen MR) is 103 cm³/mol. The molecule has 0 saturated carbocycles. The summed E-state index contributed by atoms with van der Waals surface area (Å²) in [5.74, 6) is -0.0645. The molecule has 0 radical (unpaired) electrons. The van der Waals surface area contributed by atoms with Crippen LogP contribution in [0.1, 0.15) is 65.3 Å². The number of unbranched alkanes of at least 4 members (excludes halogenated alkanes) is 1. The molecule has 0 bridgehead atoms. The van der Waals surface area contributed by atoms with Crippen molar-refractivity contribution in [3.8, 4) is 5.75 Å². The molecule has 27 heavy (non-hydrogen) atoms. The lowest BCUT2D eigenvalue weighted by Gasteiger charge is -2.10. The number of hydrogen-bond acceptors (Lipinski definition) is 5. The molecule has 2 aromatic carbocycles. The Morgan fingerprint density at radius 2 is 1.52 bits per heavy atom. The van der Waals surface area contributed by atoms with E-state index in [0.29, 0.717) is 35.6 Å². The van der Waals surface area contributed by atoms with Crippen molar-refractivity contribution < 1.29 is 24.2 Å². The second kappa shape index (κ2) is 10.5. The molecule has 0 fully saturated rings. The van der Waals surface area contributed by atoms with Crippen molar-refractivity contribution in [2.24, 2.45) is 0 Å². The SMILES string of the molecule is CCC(C)c1ccc(C(=O)Oc2ccc(C(=O)OCCCCO)cc2)cc1. The molecule has 2 aromatic rings. The van der Waals surface area contributed by atoms with Crippen LogP contribution in [0, 0.1) is 0 Å². The maximum atomic E-state index is 12.3. The van der Waals surface area contributed by atoms with Crippen molar-refractivity contribution in [1.82, 2.24) is 0 Å². The number of ether oxygens (including phenoxy) is 2. The number of aliphatic hydroxyl groups excluding tert-OH is 1. The fraction of sp³-hybridized carbons (Fsp3) is 0.364. The quantitative estimate of drug-likeness (QED) is 0.404. The first-order valence-corrected chi connectivity index (χ1v) is 9.25. The van der Waals surface area contributed by atoms with Gasteiger partial charge in [0.1, 0.15) is 5.75 Å². The van der Waals surface area contributed by atoms with E-state index in [0.717, 1.165) is 6.42 Å². The van der Waals surface area contributed by atoms with Gasteiger partial charge in [0.15, 0.2) is 0 Å². The molecule has 0 heterocycles. The Morgan fingerprint density at radius 3 is 2.11 bits per heavy atom. The summed E-state index contributed by atoms with van der Waals surface area (Å²) < 4.78 is 10.5. The van der Waals surface area contributed by atoms with Crippen LogP contribution in [0.15, 0.2) is 48.5 Å². The first-order valence-electron chi connectivity index (χ1n) is 9.25. The minimum Gasteiger partial charge on any atom is -0.462 e. The highest BCUT2D eigenvalue weighted by atomic mass is 16.5. The summed E-state index contributed by atoms with van der Waals surface area (Å²) >= 11 is 0. The van der Waals surface area contributed by atoms with Crippen molar-refractivity contribution in [3.05, 3.63) is 65.2 Å². The molecule has 0 saturated heterocycles. The molecule has 0 aliphatic heterocycles.